The highest BCUT2D eigenvalue weighted by Gasteiger charge is 2.24. The SMILES string of the molecule is CCC(C)C(NC(=O)CCc1ccc(S(=O)(=O)CC)cc1)C(=O)O. The molecule has 0 radical (unpaired) electrons. The van der Waals surface area contributed by atoms with Crippen molar-refractivity contribution in [2.75, 3.05) is 5.75 Å². The van der Waals surface area contributed by atoms with Crippen LogP contribution < -0.4 is 5.32 Å². The predicted octanol–water partition coefficient (Wildman–Crippen LogP) is 2.03. The zero-order valence-corrected chi connectivity index (χ0v) is 15.1. The lowest BCUT2D eigenvalue weighted by atomic mass is 9.99. The van der Waals surface area contributed by atoms with Crippen molar-refractivity contribution in [1.29, 1.82) is 0 Å². The quantitative estimate of drug-likeness (QED) is 0.706. The zero-order valence-electron chi connectivity index (χ0n) is 14.3. The molecule has 0 aliphatic carbocycles. The summed E-state index contributed by atoms with van der Waals surface area (Å²) in [5.41, 5.74) is 0.829. The minimum Gasteiger partial charge on any atom is -0.480 e. The Morgan fingerprint density at radius 1 is 1.17 bits per heavy atom. The van der Waals surface area contributed by atoms with Crippen LogP contribution in [0.4, 0.5) is 0 Å². The number of hydrogen-bond donors (Lipinski definition) is 2. The third-order valence-corrected chi connectivity index (χ3v) is 5.85. The van der Waals surface area contributed by atoms with E-state index in [1.807, 2.05) is 6.92 Å². The number of carbonyl (C=O) groups is 2. The molecule has 1 aromatic rings. The number of nitrogens with one attached hydrogen (secondary N) is 1. The summed E-state index contributed by atoms with van der Waals surface area (Å²) in [6.45, 7) is 5.24. The van der Waals surface area contributed by atoms with Gasteiger partial charge in [-0.2, -0.15) is 0 Å². The van der Waals surface area contributed by atoms with E-state index in [1.54, 1.807) is 26.0 Å². The number of rotatable bonds is 9. The first-order valence-electron chi connectivity index (χ1n) is 8.05. The molecule has 0 fully saturated rings. The minimum absolute atomic E-state index is 0.0426. The number of carboxylic acids is 1. The van der Waals surface area contributed by atoms with Crippen molar-refractivity contribution in [3.8, 4) is 0 Å². The molecule has 0 bridgehead atoms. The van der Waals surface area contributed by atoms with E-state index < -0.39 is 21.8 Å². The molecule has 0 saturated heterocycles. The Bertz CT molecular complexity index is 667. The second-order valence-corrected chi connectivity index (χ2v) is 8.09. The number of aryl methyl sites for hydroxylation is 1. The zero-order chi connectivity index (χ0) is 18.3. The summed E-state index contributed by atoms with van der Waals surface area (Å²) in [5.74, 6) is -1.47. The van der Waals surface area contributed by atoms with Gasteiger partial charge in [-0.05, 0) is 30.0 Å². The monoisotopic (exact) mass is 355 g/mol. The molecular formula is C17H25NO5S. The average Bonchev–Trinajstić information content (AvgIpc) is 2.57. The summed E-state index contributed by atoms with van der Waals surface area (Å²) in [7, 11) is -3.23. The Labute approximate surface area is 143 Å². The van der Waals surface area contributed by atoms with Crippen molar-refractivity contribution in [3.63, 3.8) is 0 Å². The van der Waals surface area contributed by atoms with E-state index in [-0.39, 0.29) is 28.9 Å². The van der Waals surface area contributed by atoms with E-state index in [0.29, 0.717) is 12.8 Å². The number of carboxylic acid groups (broad SMARTS) is 1. The van der Waals surface area contributed by atoms with Gasteiger partial charge in [0, 0.05) is 6.42 Å². The van der Waals surface area contributed by atoms with Gasteiger partial charge in [0.05, 0.1) is 10.6 Å². The number of aliphatic carboxylic acids is 1. The maximum atomic E-state index is 12.0. The normalized spacial score (nSPS) is 14.0. The molecule has 6 nitrogen and oxygen atoms in total. The Morgan fingerprint density at radius 2 is 1.75 bits per heavy atom. The van der Waals surface area contributed by atoms with E-state index in [0.717, 1.165) is 5.56 Å². The van der Waals surface area contributed by atoms with Crippen molar-refractivity contribution in [2.24, 2.45) is 5.92 Å². The van der Waals surface area contributed by atoms with Crippen LogP contribution in [0.2, 0.25) is 0 Å². The number of benzene rings is 1. The van der Waals surface area contributed by atoms with E-state index in [2.05, 4.69) is 5.32 Å². The van der Waals surface area contributed by atoms with Crippen molar-refractivity contribution in [3.05, 3.63) is 29.8 Å². The number of amides is 1. The van der Waals surface area contributed by atoms with E-state index in [4.69, 9.17) is 5.11 Å². The molecular weight excluding hydrogens is 330 g/mol. The van der Waals surface area contributed by atoms with Gasteiger partial charge >= 0.3 is 5.97 Å². The highest BCUT2D eigenvalue weighted by molar-refractivity contribution is 7.91. The number of carbonyl (C=O) groups excluding carboxylic acids is 1. The van der Waals surface area contributed by atoms with Crippen molar-refractivity contribution >= 4 is 21.7 Å². The van der Waals surface area contributed by atoms with Crippen LogP contribution in [-0.4, -0.2) is 37.2 Å². The van der Waals surface area contributed by atoms with Gasteiger partial charge < -0.3 is 10.4 Å². The third-order valence-electron chi connectivity index (χ3n) is 4.10. The Hall–Kier alpha value is -1.89. The summed E-state index contributed by atoms with van der Waals surface area (Å²) in [6.07, 6.45) is 1.23. The molecule has 2 atom stereocenters. The lowest BCUT2D eigenvalue weighted by Gasteiger charge is -2.20. The molecule has 0 heterocycles. The van der Waals surface area contributed by atoms with E-state index in [1.165, 1.54) is 12.1 Å². The summed E-state index contributed by atoms with van der Waals surface area (Å²) < 4.78 is 23.5. The molecule has 0 spiro atoms. The van der Waals surface area contributed by atoms with Crippen LogP contribution in [0.5, 0.6) is 0 Å². The van der Waals surface area contributed by atoms with Crippen molar-refractivity contribution in [2.45, 2.75) is 51.0 Å². The molecule has 0 aliphatic rings. The van der Waals surface area contributed by atoms with Gasteiger partial charge in [-0.1, -0.05) is 39.3 Å². The number of sulfone groups is 1. The topological polar surface area (TPSA) is 101 Å². The second-order valence-electron chi connectivity index (χ2n) is 5.82. The maximum absolute atomic E-state index is 12.0. The molecule has 134 valence electrons. The largest absolute Gasteiger partial charge is 0.480 e. The number of hydrogen-bond acceptors (Lipinski definition) is 4. The Morgan fingerprint density at radius 3 is 2.21 bits per heavy atom. The molecule has 0 aliphatic heterocycles. The average molecular weight is 355 g/mol. The highest BCUT2D eigenvalue weighted by atomic mass is 32.2. The van der Waals surface area contributed by atoms with Gasteiger partial charge in [-0.15, -0.1) is 0 Å². The highest BCUT2D eigenvalue weighted by Crippen LogP contribution is 2.14. The van der Waals surface area contributed by atoms with Gasteiger partial charge in [-0.25, -0.2) is 13.2 Å². The molecule has 2 unspecified atom stereocenters. The van der Waals surface area contributed by atoms with Crippen LogP contribution in [0.15, 0.2) is 29.2 Å². The van der Waals surface area contributed by atoms with Crippen LogP contribution in [0, 0.1) is 5.92 Å². The Kier molecular flexibility index (Phi) is 7.41. The summed E-state index contributed by atoms with van der Waals surface area (Å²) in [6, 6.07) is 5.54. The standard InChI is InChI=1S/C17H25NO5S/c1-4-12(3)16(17(20)21)18-15(19)11-8-13-6-9-14(10-7-13)24(22,23)5-2/h6-7,9-10,12,16H,4-5,8,11H2,1-3H3,(H,18,19)(H,20,21). The van der Waals surface area contributed by atoms with E-state index in [9.17, 15) is 18.0 Å². The predicted molar refractivity (Wildman–Crippen MR) is 91.5 cm³/mol. The molecule has 2 N–H and O–H groups in total. The molecule has 1 amide bonds. The fraction of sp³-hybridized carbons (Fsp3) is 0.529. The smallest absolute Gasteiger partial charge is 0.326 e. The van der Waals surface area contributed by atoms with Crippen LogP contribution in [0.3, 0.4) is 0 Å². The second kappa shape index (κ2) is 8.82. The van der Waals surface area contributed by atoms with Crippen LogP contribution in [0.1, 0.15) is 39.2 Å². The fourth-order valence-electron chi connectivity index (χ4n) is 2.22. The fourth-order valence-corrected chi connectivity index (χ4v) is 3.10. The minimum atomic E-state index is -3.23. The van der Waals surface area contributed by atoms with E-state index >= 15 is 0 Å². The van der Waals surface area contributed by atoms with Gasteiger partial charge in [-0.3, -0.25) is 4.79 Å². The summed E-state index contributed by atoms with van der Waals surface area (Å²) in [4.78, 5) is 23.4. The lowest BCUT2D eigenvalue weighted by molar-refractivity contribution is -0.143. The maximum Gasteiger partial charge on any atom is 0.326 e. The lowest BCUT2D eigenvalue weighted by Crippen LogP contribution is -2.45. The molecule has 24 heavy (non-hydrogen) atoms. The first-order valence-corrected chi connectivity index (χ1v) is 9.70. The molecule has 0 saturated carbocycles. The first-order chi connectivity index (χ1) is 11.2. The Balaban J connectivity index is 2.63. The summed E-state index contributed by atoms with van der Waals surface area (Å²) >= 11 is 0. The van der Waals surface area contributed by atoms with Crippen LogP contribution in [-0.2, 0) is 25.8 Å². The van der Waals surface area contributed by atoms with Gasteiger partial charge in [0.1, 0.15) is 6.04 Å². The molecule has 1 aromatic carbocycles. The van der Waals surface area contributed by atoms with Crippen molar-refractivity contribution in [1.82, 2.24) is 5.32 Å². The summed E-state index contributed by atoms with van der Waals surface area (Å²) in [5, 5.41) is 11.7. The molecule has 0 aromatic heterocycles. The molecule has 1 rings (SSSR count). The third kappa shape index (κ3) is 5.63. The molecule has 7 heteroatoms. The van der Waals surface area contributed by atoms with Gasteiger partial charge in [0.25, 0.3) is 0 Å². The first kappa shape index (κ1) is 20.2. The van der Waals surface area contributed by atoms with Crippen LogP contribution >= 0.6 is 0 Å². The van der Waals surface area contributed by atoms with Crippen molar-refractivity contribution < 1.29 is 23.1 Å². The van der Waals surface area contributed by atoms with Gasteiger partial charge in [0.15, 0.2) is 9.84 Å². The van der Waals surface area contributed by atoms with Crippen LogP contribution in [0.25, 0.3) is 0 Å². The van der Waals surface area contributed by atoms with Gasteiger partial charge in [0.2, 0.25) is 5.91 Å².